The summed E-state index contributed by atoms with van der Waals surface area (Å²) in [6.07, 6.45) is 0. The van der Waals surface area contributed by atoms with Crippen molar-refractivity contribution < 1.29 is 9.47 Å². The van der Waals surface area contributed by atoms with E-state index in [0.29, 0.717) is 17.5 Å². The predicted octanol–water partition coefficient (Wildman–Crippen LogP) is 7.27. The van der Waals surface area contributed by atoms with E-state index < -0.39 is 0 Å². The summed E-state index contributed by atoms with van der Waals surface area (Å²) in [6, 6.07) is 22.1. The lowest BCUT2D eigenvalue weighted by Gasteiger charge is -2.14. The molecule has 0 amide bonds. The summed E-state index contributed by atoms with van der Waals surface area (Å²) in [5.74, 6) is 1.55. The van der Waals surface area contributed by atoms with Crippen LogP contribution in [0.4, 0.5) is 0 Å². The molecule has 3 aromatic carbocycles. The van der Waals surface area contributed by atoms with E-state index >= 15 is 0 Å². The van der Waals surface area contributed by atoms with Crippen LogP contribution in [0.15, 0.2) is 80.4 Å². The van der Waals surface area contributed by atoms with E-state index in [1.54, 1.807) is 0 Å². The van der Waals surface area contributed by atoms with Crippen molar-refractivity contribution in [1.82, 2.24) is 0 Å². The first-order valence-electron chi connectivity index (χ1n) is 9.98. The van der Waals surface area contributed by atoms with Gasteiger partial charge in [-0.3, -0.25) is 0 Å². The number of rotatable bonds is 6. The Labute approximate surface area is 196 Å². The number of nitrogens with zero attached hydrogens (tertiary/aromatic N) is 2. The van der Waals surface area contributed by atoms with E-state index in [0.717, 1.165) is 32.4 Å². The summed E-state index contributed by atoms with van der Waals surface area (Å²) in [5, 5.41) is 9.35. The third-order valence-electron chi connectivity index (χ3n) is 4.89. The quantitative estimate of drug-likeness (QED) is 0.288. The van der Waals surface area contributed by atoms with Crippen molar-refractivity contribution in [1.29, 1.82) is 5.26 Å². The van der Waals surface area contributed by atoms with E-state index in [9.17, 15) is 5.26 Å². The first kappa shape index (κ1) is 21.9. The number of nitriles is 1. The van der Waals surface area contributed by atoms with Gasteiger partial charge in [0.2, 0.25) is 0 Å². The van der Waals surface area contributed by atoms with Crippen LogP contribution < -0.4 is 9.47 Å². The fourth-order valence-electron chi connectivity index (χ4n) is 3.08. The molecule has 0 aliphatic carbocycles. The molecule has 4 rings (SSSR count). The summed E-state index contributed by atoms with van der Waals surface area (Å²) >= 11 is 2.86. The van der Waals surface area contributed by atoms with Gasteiger partial charge in [-0.25, -0.2) is 10.1 Å². The Hall–Kier alpha value is -3.32. The van der Waals surface area contributed by atoms with Crippen molar-refractivity contribution in [2.75, 3.05) is 0 Å². The second-order valence-electron chi connectivity index (χ2n) is 7.32. The second kappa shape index (κ2) is 9.87. The van der Waals surface area contributed by atoms with Crippen LogP contribution in [-0.4, -0.2) is 0 Å². The van der Waals surface area contributed by atoms with Gasteiger partial charge in [0.1, 0.15) is 24.7 Å². The van der Waals surface area contributed by atoms with Crippen molar-refractivity contribution in [3.05, 3.63) is 104 Å². The van der Waals surface area contributed by atoms with E-state index in [2.05, 4.69) is 36.0 Å². The highest BCUT2D eigenvalue weighted by atomic mass is 32.2. The third kappa shape index (κ3) is 4.94. The standard InChI is InChI=1S/C26H20N2O2S2/c1-17-4-8-19(9-5-17)15-30-23-13-10-20(16-29-21-11-6-18(2)7-12-21)24-25(23)32-26(31-24)22(14-27)28-3/h4-13H,15-16H2,1-2H3/b26-22-. The molecule has 0 atom stereocenters. The summed E-state index contributed by atoms with van der Waals surface area (Å²) in [4.78, 5) is 5.30. The Kier molecular flexibility index (Phi) is 6.75. The number of thioether (sulfide) groups is 2. The molecule has 6 heteroatoms. The van der Waals surface area contributed by atoms with Gasteiger partial charge in [-0.05, 0) is 37.6 Å². The van der Waals surface area contributed by atoms with Crippen molar-refractivity contribution in [2.24, 2.45) is 0 Å². The Morgan fingerprint density at radius 3 is 2.19 bits per heavy atom. The van der Waals surface area contributed by atoms with Gasteiger partial charge in [-0.2, -0.15) is 0 Å². The van der Waals surface area contributed by atoms with Gasteiger partial charge in [0.05, 0.1) is 21.8 Å². The minimum atomic E-state index is 0.103. The van der Waals surface area contributed by atoms with Crippen LogP contribution in [0.25, 0.3) is 4.85 Å². The molecule has 1 aliphatic rings. The van der Waals surface area contributed by atoms with Crippen molar-refractivity contribution in [3.8, 4) is 17.6 Å². The number of hydrogen-bond acceptors (Lipinski definition) is 5. The molecule has 3 aromatic rings. The molecular formula is C26H20N2O2S2. The van der Waals surface area contributed by atoms with Crippen molar-refractivity contribution >= 4 is 23.5 Å². The summed E-state index contributed by atoms with van der Waals surface area (Å²) in [5.41, 5.74) is 4.57. The molecule has 0 saturated carbocycles. The fraction of sp³-hybridized carbons (Fsp3) is 0.154. The SMILES string of the molecule is [C-]#[N+]/C(C#N)=C1/Sc2c(COc3ccc(C)cc3)ccc(OCc3ccc(C)cc3)c2S1. The molecule has 0 saturated heterocycles. The van der Waals surface area contributed by atoms with Gasteiger partial charge in [0.25, 0.3) is 5.70 Å². The maximum absolute atomic E-state index is 9.35. The van der Waals surface area contributed by atoms with E-state index in [1.807, 2.05) is 49.4 Å². The maximum atomic E-state index is 9.35. The smallest absolute Gasteiger partial charge is 0.282 e. The van der Waals surface area contributed by atoms with Gasteiger partial charge < -0.3 is 9.47 Å². The highest BCUT2D eigenvalue weighted by Gasteiger charge is 2.27. The minimum absolute atomic E-state index is 0.103. The number of ether oxygens (including phenoxy) is 2. The zero-order valence-corrected chi connectivity index (χ0v) is 19.3. The molecule has 0 radical (unpaired) electrons. The average Bonchev–Trinajstić information content (AvgIpc) is 3.25. The normalized spacial score (nSPS) is 13.6. The highest BCUT2D eigenvalue weighted by Crippen LogP contribution is 2.57. The molecule has 0 spiro atoms. The maximum Gasteiger partial charge on any atom is 0.282 e. The van der Waals surface area contributed by atoms with Crippen LogP contribution in [0.2, 0.25) is 0 Å². The van der Waals surface area contributed by atoms with Crippen LogP contribution in [-0.2, 0) is 13.2 Å². The molecule has 32 heavy (non-hydrogen) atoms. The van der Waals surface area contributed by atoms with E-state index in [-0.39, 0.29) is 5.70 Å². The topological polar surface area (TPSA) is 46.6 Å². The van der Waals surface area contributed by atoms with Gasteiger partial charge in [0, 0.05) is 10.5 Å². The molecule has 1 heterocycles. The Morgan fingerprint density at radius 1 is 0.875 bits per heavy atom. The molecule has 158 valence electrons. The summed E-state index contributed by atoms with van der Waals surface area (Å²) in [6.45, 7) is 12.3. The zero-order valence-electron chi connectivity index (χ0n) is 17.7. The lowest BCUT2D eigenvalue weighted by molar-refractivity contribution is 0.291. The Bertz CT molecular complexity index is 1150. The molecule has 0 unspecified atom stereocenters. The average molecular weight is 457 g/mol. The highest BCUT2D eigenvalue weighted by molar-refractivity contribution is 8.24. The van der Waals surface area contributed by atoms with E-state index in [1.165, 1.54) is 34.7 Å². The lowest BCUT2D eigenvalue weighted by Crippen LogP contribution is -2.00. The minimum Gasteiger partial charge on any atom is -0.489 e. The summed E-state index contributed by atoms with van der Waals surface area (Å²) < 4.78 is 12.8. The van der Waals surface area contributed by atoms with Crippen LogP contribution in [0.5, 0.6) is 11.5 Å². The van der Waals surface area contributed by atoms with Crippen molar-refractivity contribution in [3.63, 3.8) is 0 Å². The largest absolute Gasteiger partial charge is 0.489 e. The Morgan fingerprint density at radius 2 is 1.53 bits per heavy atom. The number of aryl methyl sites for hydroxylation is 2. The molecule has 0 bridgehead atoms. The Balaban J connectivity index is 1.60. The first-order valence-corrected chi connectivity index (χ1v) is 11.6. The van der Waals surface area contributed by atoms with Gasteiger partial charge >= 0.3 is 0 Å². The number of hydrogen-bond donors (Lipinski definition) is 0. The number of benzene rings is 3. The van der Waals surface area contributed by atoms with Crippen molar-refractivity contribution in [2.45, 2.75) is 36.9 Å². The van der Waals surface area contributed by atoms with Crippen LogP contribution >= 0.6 is 23.5 Å². The first-order chi connectivity index (χ1) is 15.6. The molecule has 0 fully saturated rings. The van der Waals surface area contributed by atoms with Gasteiger partial charge in [0.15, 0.2) is 0 Å². The molecule has 4 nitrogen and oxygen atoms in total. The zero-order chi connectivity index (χ0) is 22.5. The monoisotopic (exact) mass is 456 g/mol. The molecular weight excluding hydrogens is 436 g/mol. The van der Waals surface area contributed by atoms with Gasteiger partial charge in [-0.15, -0.1) is 0 Å². The lowest BCUT2D eigenvalue weighted by atomic mass is 10.2. The number of fused-ring (bicyclic) bond motifs is 1. The molecule has 0 N–H and O–H groups in total. The second-order valence-corrected chi connectivity index (χ2v) is 9.62. The third-order valence-corrected chi connectivity index (χ3v) is 7.55. The van der Waals surface area contributed by atoms with Gasteiger partial charge in [-0.1, -0.05) is 77.1 Å². The van der Waals surface area contributed by atoms with Crippen LogP contribution in [0.1, 0.15) is 22.3 Å². The van der Waals surface area contributed by atoms with Crippen LogP contribution in [0.3, 0.4) is 0 Å². The molecule has 0 aromatic heterocycles. The van der Waals surface area contributed by atoms with Crippen LogP contribution in [0, 0.1) is 31.8 Å². The number of allylic oxidation sites excluding steroid dienone is 1. The predicted molar refractivity (Wildman–Crippen MR) is 128 cm³/mol. The van der Waals surface area contributed by atoms with E-state index in [4.69, 9.17) is 16.0 Å². The molecule has 1 aliphatic heterocycles. The fourth-order valence-corrected chi connectivity index (χ4v) is 5.65. The summed E-state index contributed by atoms with van der Waals surface area (Å²) in [7, 11) is 0.